The van der Waals surface area contributed by atoms with Crippen LogP contribution < -0.4 is 16.2 Å². The maximum absolute atomic E-state index is 13.4. The minimum atomic E-state index is -0.444. The van der Waals surface area contributed by atoms with E-state index in [2.05, 4.69) is 15.6 Å². The van der Waals surface area contributed by atoms with E-state index in [1.165, 1.54) is 30.5 Å². The van der Waals surface area contributed by atoms with Gasteiger partial charge < -0.3 is 20.0 Å². The maximum atomic E-state index is 13.4. The van der Waals surface area contributed by atoms with E-state index in [-0.39, 0.29) is 11.4 Å². The van der Waals surface area contributed by atoms with E-state index in [9.17, 15) is 14.0 Å². The molecule has 0 bridgehead atoms. The molecule has 2 heterocycles. The van der Waals surface area contributed by atoms with Crippen LogP contribution in [-0.4, -0.2) is 11.0 Å². The Bertz CT molecular complexity index is 941. The molecule has 2 amide bonds. The highest BCUT2D eigenvalue weighted by atomic mass is 19.1. The number of halogens is 1. The fraction of sp³-hybridized carbons (Fsp3) is 0.176. The highest BCUT2D eigenvalue weighted by molar-refractivity contribution is 5.89. The molecule has 124 valence electrons. The fourth-order valence-corrected chi connectivity index (χ4v) is 2.54. The second kappa shape index (κ2) is 6.19. The molecule has 0 saturated carbocycles. The molecule has 2 aromatic heterocycles. The summed E-state index contributed by atoms with van der Waals surface area (Å²) in [6.45, 7) is 3.59. The van der Waals surface area contributed by atoms with Gasteiger partial charge in [0.05, 0.1) is 11.7 Å². The number of aromatic amines is 1. The molecule has 7 heteroatoms. The molecule has 0 radical (unpaired) electrons. The van der Waals surface area contributed by atoms with E-state index >= 15 is 0 Å². The van der Waals surface area contributed by atoms with E-state index in [0.29, 0.717) is 22.4 Å². The quantitative estimate of drug-likeness (QED) is 0.688. The van der Waals surface area contributed by atoms with Gasteiger partial charge in [-0.3, -0.25) is 4.79 Å². The highest BCUT2D eigenvalue weighted by Crippen LogP contribution is 2.29. The zero-order valence-electron chi connectivity index (χ0n) is 13.1. The van der Waals surface area contributed by atoms with Gasteiger partial charge in [-0.1, -0.05) is 0 Å². The van der Waals surface area contributed by atoms with Gasteiger partial charge in [0.15, 0.2) is 0 Å². The average molecular weight is 329 g/mol. The number of hydrogen-bond donors (Lipinski definition) is 3. The molecule has 0 spiro atoms. The third kappa shape index (κ3) is 3.15. The predicted octanol–water partition coefficient (Wildman–Crippen LogP) is 3.45. The number of urea groups is 1. The molecule has 1 atom stereocenters. The normalized spacial score (nSPS) is 12.1. The number of amides is 2. The Kier molecular flexibility index (Phi) is 4.07. The summed E-state index contributed by atoms with van der Waals surface area (Å²) >= 11 is 0. The van der Waals surface area contributed by atoms with Crippen LogP contribution in [0.1, 0.15) is 24.3 Å². The first-order chi connectivity index (χ1) is 11.4. The van der Waals surface area contributed by atoms with Crippen LogP contribution in [-0.2, 0) is 0 Å². The molecule has 0 fully saturated rings. The lowest BCUT2D eigenvalue weighted by molar-refractivity contribution is 0.248. The van der Waals surface area contributed by atoms with E-state index in [1.54, 1.807) is 13.0 Å². The first-order valence-electron chi connectivity index (χ1n) is 7.39. The third-order valence-electron chi connectivity index (χ3n) is 3.72. The van der Waals surface area contributed by atoms with Crippen LogP contribution in [0.3, 0.4) is 0 Å². The van der Waals surface area contributed by atoms with Gasteiger partial charge in [0.1, 0.15) is 17.2 Å². The van der Waals surface area contributed by atoms with E-state index in [0.717, 1.165) is 5.56 Å². The van der Waals surface area contributed by atoms with Crippen molar-refractivity contribution in [3.8, 4) is 0 Å². The number of carbonyl (C=O) groups is 1. The summed E-state index contributed by atoms with van der Waals surface area (Å²) < 4.78 is 19.1. The monoisotopic (exact) mass is 329 g/mol. The van der Waals surface area contributed by atoms with E-state index in [1.807, 2.05) is 6.92 Å². The number of rotatable bonds is 3. The number of benzene rings is 1. The highest BCUT2D eigenvalue weighted by Gasteiger charge is 2.18. The second-order valence-electron chi connectivity index (χ2n) is 5.49. The Labute approximate surface area is 136 Å². The zero-order valence-corrected chi connectivity index (χ0v) is 13.1. The minimum Gasteiger partial charge on any atom is -0.459 e. The lowest BCUT2D eigenvalue weighted by Gasteiger charge is -2.13. The predicted molar refractivity (Wildman–Crippen MR) is 88.5 cm³/mol. The summed E-state index contributed by atoms with van der Waals surface area (Å²) in [5, 5.41) is 6.04. The smallest absolute Gasteiger partial charge is 0.319 e. The Morgan fingerprint density at radius 2 is 2.08 bits per heavy atom. The first kappa shape index (κ1) is 15.8. The topological polar surface area (TPSA) is 87.1 Å². The van der Waals surface area contributed by atoms with Crippen LogP contribution in [0.15, 0.2) is 45.7 Å². The van der Waals surface area contributed by atoms with Gasteiger partial charge in [-0.25, -0.2) is 9.18 Å². The van der Waals surface area contributed by atoms with Gasteiger partial charge in [-0.2, -0.15) is 0 Å². The Morgan fingerprint density at radius 1 is 1.29 bits per heavy atom. The molecule has 0 saturated heterocycles. The van der Waals surface area contributed by atoms with Gasteiger partial charge in [-0.05, 0) is 38.1 Å². The second-order valence-corrected chi connectivity index (χ2v) is 5.49. The summed E-state index contributed by atoms with van der Waals surface area (Å²) in [7, 11) is 0. The zero-order chi connectivity index (χ0) is 17.3. The lowest BCUT2D eigenvalue weighted by Crippen LogP contribution is -2.31. The summed E-state index contributed by atoms with van der Waals surface area (Å²) in [6.07, 6.45) is 1.40. The molecule has 0 aliphatic heterocycles. The van der Waals surface area contributed by atoms with Crippen molar-refractivity contribution in [3.05, 3.63) is 64.0 Å². The van der Waals surface area contributed by atoms with Crippen molar-refractivity contribution in [1.29, 1.82) is 0 Å². The van der Waals surface area contributed by atoms with Gasteiger partial charge in [-0.15, -0.1) is 0 Å². The number of H-pyrrole nitrogens is 1. The standard InChI is InChI=1S/C17H16FN3O3/c1-9-13-7-11(18)3-5-14(13)24-16(9)10(2)20-17(23)21-12-4-6-15(22)19-8-12/h3-8,10H,1-2H3,(H,19,22)(H2,20,21,23)/t10-/m0/s1. The van der Waals surface area contributed by atoms with E-state index in [4.69, 9.17) is 4.42 Å². The molecule has 3 rings (SSSR count). The molecular weight excluding hydrogens is 313 g/mol. The van der Waals surface area contributed by atoms with Crippen molar-refractivity contribution in [2.24, 2.45) is 0 Å². The van der Waals surface area contributed by atoms with Crippen LogP contribution >= 0.6 is 0 Å². The van der Waals surface area contributed by atoms with Crippen molar-refractivity contribution >= 4 is 22.7 Å². The van der Waals surface area contributed by atoms with Crippen LogP contribution in [0.4, 0.5) is 14.9 Å². The molecule has 0 unspecified atom stereocenters. The number of fused-ring (bicyclic) bond motifs is 1. The fourth-order valence-electron chi connectivity index (χ4n) is 2.54. The van der Waals surface area contributed by atoms with Crippen LogP contribution in [0.5, 0.6) is 0 Å². The number of aromatic nitrogens is 1. The number of hydrogen-bond acceptors (Lipinski definition) is 3. The number of furan rings is 1. The van der Waals surface area contributed by atoms with Crippen molar-refractivity contribution < 1.29 is 13.6 Å². The first-order valence-corrected chi connectivity index (χ1v) is 7.39. The minimum absolute atomic E-state index is 0.251. The number of nitrogens with one attached hydrogen (secondary N) is 3. The molecule has 1 aromatic carbocycles. The molecule has 6 nitrogen and oxygen atoms in total. The SMILES string of the molecule is Cc1c([C@H](C)NC(=O)Nc2ccc(=O)[nH]c2)oc2ccc(F)cc12. The molecule has 3 N–H and O–H groups in total. The van der Waals surface area contributed by atoms with Crippen molar-refractivity contribution in [2.75, 3.05) is 5.32 Å². The Morgan fingerprint density at radius 3 is 2.79 bits per heavy atom. The summed E-state index contributed by atoms with van der Waals surface area (Å²) in [6, 6.07) is 6.26. The van der Waals surface area contributed by atoms with Gasteiger partial charge >= 0.3 is 6.03 Å². The van der Waals surface area contributed by atoms with Crippen LogP contribution in [0.2, 0.25) is 0 Å². The van der Waals surface area contributed by atoms with Crippen molar-refractivity contribution in [2.45, 2.75) is 19.9 Å². The molecular formula is C17H16FN3O3. The number of aryl methyl sites for hydroxylation is 1. The van der Waals surface area contributed by atoms with Crippen LogP contribution in [0.25, 0.3) is 11.0 Å². The number of carbonyl (C=O) groups excluding carboxylic acids is 1. The Hall–Kier alpha value is -3.09. The van der Waals surface area contributed by atoms with Gasteiger partial charge in [0, 0.05) is 23.2 Å². The third-order valence-corrected chi connectivity index (χ3v) is 3.72. The summed E-state index contributed by atoms with van der Waals surface area (Å²) in [5.41, 5.74) is 1.56. The molecule has 0 aliphatic carbocycles. The average Bonchev–Trinajstić information content (AvgIpc) is 2.86. The Balaban J connectivity index is 1.75. The maximum Gasteiger partial charge on any atom is 0.319 e. The summed E-state index contributed by atoms with van der Waals surface area (Å²) in [4.78, 5) is 25.5. The van der Waals surface area contributed by atoms with Crippen molar-refractivity contribution in [3.63, 3.8) is 0 Å². The summed E-state index contributed by atoms with van der Waals surface area (Å²) in [5.74, 6) is 0.224. The van der Waals surface area contributed by atoms with Crippen molar-refractivity contribution in [1.82, 2.24) is 10.3 Å². The molecule has 3 aromatic rings. The van der Waals surface area contributed by atoms with Gasteiger partial charge in [0.25, 0.3) is 0 Å². The molecule has 24 heavy (non-hydrogen) atoms. The lowest BCUT2D eigenvalue weighted by atomic mass is 10.1. The van der Waals surface area contributed by atoms with E-state index < -0.39 is 12.1 Å². The molecule has 0 aliphatic rings. The largest absolute Gasteiger partial charge is 0.459 e. The van der Waals surface area contributed by atoms with Gasteiger partial charge in [0.2, 0.25) is 5.56 Å². The number of pyridine rings is 1. The van der Waals surface area contributed by atoms with Crippen LogP contribution in [0, 0.1) is 12.7 Å². The number of anilines is 1.